The van der Waals surface area contributed by atoms with Crippen molar-refractivity contribution < 1.29 is 14.4 Å². The number of rotatable bonds is 3. The summed E-state index contributed by atoms with van der Waals surface area (Å²) in [6.07, 6.45) is 4.20. The summed E-state index contributed by atoms with van der Waals surface area (Å²) in [4.78, 5) is 43.0. The summed E-state index contributed by atoms with van der Waals surface area (Å²) in [7, 11) is 0. The van der Waals surface area contributed by atoms with Crippen LogP contribution in [-0.4, -0.2) is 34.7 Å². The Balaban J connectivity index is 1.53. The molecule has 3 aliphatic rings. The highest BCUT2D eigenvalue weighted by molar-refractivity contribution is 6.09. The average molecular weight is 459 g/mol. The zero-order valence-corrected chi connectivity index (χ0v) is 20.6. The molecule has 0 bridgehead atoms. The Morgan fingerprint density at radius 3 is 2.18 bits per heavy atom. The number of hydrogen-bond acceptors (Lipinski definition) is 3. The fourth-order valence-corrected chi connectivity index (χ4v) is 6.78. The van der Waals surface area contributed by atoms with Gasteiger partial charge in [-0.3, -0.25) is 19.3 Å². The lowest BCUT2D eigenvalue weighted by molar-refractivity contribution is -0.143. The molecular formula is C29H34N2O3. The Kier molecular flexibility index (Phi) is 5.42. The lowest BCUT2D eigenvalue weighted by Crippen LogP contribution is -2.58. The van der Waals surface area contributed by atoms with Gasteiger partial charge in [0.15, 0.2) is 0 Å². The van der Waals surface area contributed by atoms with Crippen LogP contribution in [0.1, 0.15) is 69.6 Å². The van der Waals surface area contributed by atoms with E-state index in [0.717, 1.165) is 48.9 Å². The highest BCUT2D eigenvalue weighted by Crippen LogP contribution is 2.51. The molecule has 0 unspecified atom stereocenters. The third-order valence-electron chi connectivity index (χ3n) is 8.27. The number of nitrogens with zero attached hydrogens (tertiary/aromatic N) is 2. The number of likely N-dealkylation sites (tertiary alicyclic amines) is 1. The van der Waals surface area contributed by atoms with Gasteiger partial charge in [0.1, 0.15) is 6.54 Å². The third-order valence-corrected chi connectivity index (χ3v) is 8.27. The Morgan fingerprint density at radius 1 is 0.941 bits per heavy atom. The Bertz CT molecular complexity index is 1130. The number of aryl methyl sites for hydroxylation is 1. The molecule has 3 atom stereocenters. The van der Waals surface area contributed by atoms with Crippen molar-refractivity contribution in [2.75, 3.05) is 11.4 Å². The van der Waals surface area contributed by atoms with Crippen molar-refractivity contribution in [3.05, 3.63) is 65.2 Å². The predicted octanol–water partition coefficient (Wildman–Crippen LogP) is 4.99. The SMILES string of the molecule is Cc1ccc2c(c1)[C@](C)(c1ccccc1)CC(C)(C)N2C(=O)CN1C(=O)[C@H]2CCCC[C@@H]2C1=O. The van der Waals surface area contributed by atoms with Crippen LogP contribution in [0.25, 0.3) is 0 Å². The maximum atomic E-state index is 13.8. The molecule has 5 nitrogen and oxygen atoms in total. The van der Waals surface area contributed by atoms with Crippen LogP contribution in [0.4, 0.5) is 5.69 Å². The van der Waals surface area contributed by atoms with Gasteiger partial charge in [-0.2, -0.15) is 0 Å². The molecule has 0 radical (unpaired) electrons. The second kappa shape index (κ2) is 8.07. The van der Waals surface area contributed by atoms with E-state index >= 15 is 0 Å². The zero-order valence-electron chi connectivity index (χ0n) is 20.6. The summed E-state index contributed by atoms with van der Waals surface area (Å²) in [6.45, 7) is 8.32. The number of anilines is 1. The third kappa shape index (κ3) is 3.48. The van der Waals surface area contributed by atoms with Crippen LogP contribution >= 0.6 is 0 Å². The lowest BCUT2D eigenvalue weighted by Gasteiger charge is -2.51. The van der Waals surface area contributed by atoms with Gasteiger partial charge in [-0.15, -0.1) is 0 Å². The normalized spacial score (nSPS) is 28.0. The quantitative estimate of drug-likeness (QED) is 0.609. The van der Waals surface area contributed by atoms with Gasteiger partial charge in [-0.25, -0.2) is 0 Å². The van der Waals surface area contributed by atoms with E-state index in [1.54, 1.807) is 0 Å². The molecule has 0 spiro atoms. The molecule has 1 saturated carbocycles. The van der Waals surface area contributed by atoms with Crippen molar-refractivity contribution in [1.82, 2.24) is 4.90 Å². The van der Waals surface area contributed by atoms with Crippen molar-refractivity contribution in [2.45, 2.75) is 70.8 Å². The molecule has 2 fully saturated rings. The molecule has 5 rings (SSSR count). The number of carbonyl (C=O) groups is 3. The number of carbonyl (C=O) groups excluding carboxylic acids is 3. The molecule has 2 aromatic carbocycles. The second-order valence-electron chi connectivity index (χ2n) is 11.2. The van der Waals surface area contributed by atoms with Crippen molar-refractivity contribution in [2.24, 2.45) is 11.8 Å². The van der Waals surface area contributed by atoms with E-state index in [-0.39, 0.29) is 41.5 Å². The number of benzene rings is 2. The molecule has 2 heterocycles. The molecule has 1 aliphatic carbocycles. The summed E-state index contributed by atoms with van der Waals surface area (Å²) in [6, 6.07) is 16.7. The zero-order chi connectivity index (χ0) is 24.3. The molecular weight excluding hydrogens is 424 g/mol. The average Bonchev–Trinajstić information content (AvgIpc) is 3.04. The van der Waals surface area contributed by atoms with Gasteiger partial charge in [0.05, 0.1) is 11.8 Å². The smallest absolute Gasteiger partial charge is 0.247 e. The van der Waals surface area contributed by atoms with Gasteiger partial charge in [0.2, 0.25) is 17.7 Å². The van der Waals surface area contributed by atoms with Gasteiger partial charge in [0.25, 0.3) is 0 Å². The fraction of sp³-hybridized carbons (Fsp3) is 0.483. The van der Waals surface area contributed by atoms with E-state index in [1.807, 2.05) is 23.1 Å². The van der Waals surface area contributed by atoms with Crippen LogP contribution in [0.2, 0.25) is 0 Å². The van der Waals surface area contributed by atoms with Crippen LogP contribution in [0, 0.1) is 18.8 Å². The molecule has 0 N–H and O–H groups in total. The van der Waals surface area contributed by atoms with Gasteiger partial charge in [-0.05, 0) is 57.2 Å². The van der Waals surface area contributed by atoms with Crippen molar-refractivity contribution >= 4 is 23.4 Å². The lowest BCUT2D eigenvalue weighted by atomic mass is 9.65. The molecule has 1 saturated heterocycles. The first-order valence-electron chi connectivity index (χ1n) is 12.5. The number of hydrogen-bond donors (Lipinski definition) is 0. The summed E-state index contributed by atoms with van der Waals surface area (Å²) < 4.78 is 0. The van der Waals surface area contributed by atoms with E-state index in [4.69, 9.17) is 0 Å². The van der Waals surface area contributed by atoms with Crippen LogP contribution in [0.3, 0.4) is 0 Å². The number of imide groups is 1. The van der Waals surface area contributed by atoms with E-state index < -0.39 is 5.54 Å². The van der Waals surface area contributed by atoms with Crippen molar-refractivity contribution in [3.63, 3.8) is 0 Å². The molecule has 2 aliphatic heterocycles. The van der Waals surface area contributed by atoms with E-state index in [2.05, 4.69) is 58.0 Å². The van der Waals surface area contributed by atoms with Gasteiger partial charge in [0, 0.05) is 16.6 Å². The summed E-state index contributed by atoms with van der Waals surface area (Å²) in [5, 5.41) is 0. The first-order valence-corrected chi connectivity index (χ1v) is 12.5. The largest absolute Gasteiger partial charge is 0.305 e. The first-order chi connectivity index (χ1) is 16.1. The van der Waals surface area contributed by atoms with Crippen LogP contribution in [-0.2, 0) is 19.8 Å². The minimum Gasteiger partial charge on any atom is -0.305 e. The molecule has 34 heavy (non-hydrogen) atoms. The Morgan fingerprint density at radius 2 is 1.56 bits per heavy atom. The van der Waals surface area contributed by atoms with Crippen LogP contribution in [0.15, 0.2) is 48.5 Å². The summed E-state index contributed by atoms with van der Waals surface area (Å²) in [5.41, 5.74) is 3.58. The summed E-state index contributed by atoms with van der Waals surface area (Å²) >= 11 is 0. The monoisotopic (exact) mass is 458 g/mol. The maximum Gasteiger partial charge on any atom is 0.247 e. The van der Waals surface area contributed by atoms with E-state index in [0.29, 0.717) is 0 Å². The minimum atomic E-state index is -0.498. The summed E-state index contributed by atoms with van der Waals surface area (Å²) in [5.74, 6) is -0.975. The highest BCUT2D eigenvalue weighted by atomic mass is 16.2. The standard InChI is InChI=1S/C29H34N2O3/c1-19-14-15-24-23(16-19)29(4,20-10-6-5-7-11-20)18-28(2,3)31(24)25(32)17-30-26(33)21-12-8-9-13-22(21)27(30)34/h5-7,10-11,14-16,21-22H,8-9,12-13,17-18H2,1-4H3/t21-,22-,29-/m0/s1. The van der Waals surface area contributed by atoms with Crippen LogP contribution < -0.4 is 4.90 Å². The minimum absolute atomic E-state index is 0.156. The molecule has 0 aromatic heterocycles. The van der Waals surface area contributed by atoms with Gasteiger partial charge in [-0.1, -0.05) is 67.8 Å². The fourth-order valence-electron chi connectivity index (χ4n) is 6.78. The number of amides is 3. The maximum absolute atomic E-state index is 13.8. The van der Waals surface area contributed by atoms with Gasteiger partial charge >= 0.3 is 0 Å². The Labute approximate surface area is 202 Å². The highest BCUT2D eigenvalue weighted by Gasteiger charge is 2.51. The van der Waals surface area contributed by atoms with Crippen molar-refractivity contribution in [1.29, 1.82) is 0 Å². The Hall–Kier alpha value is -2.95. The molecule has 178 valence electrons. The van der Waals surface area contributed by atoms with Crippen LogP contribution in [0.5, 0.6) is 0 Å². The number of fused-ring (bicyclic) bond motifs is 2. The van der Waals surface area contributed by atoms with Crippen molar-refractivity contribution in [3.8, 4) is 0 Å². The predicted molar refractivity (Wildman–Crippen MR) is 132 cm³/mol. The molecule has 2 aromatic rings. The molecule has 3 amide bonds. The molecule has 5 heteroatoms. The van der Waals surface area contributed by atoms with E-state index in [9.17, 15) is 14.4 Å². The van der Waals surface area contributed by atoms with Gasteiger partial charge < -0.3 is 4.90 Å². The second-order valence-corrected chi connectivity index (χ2v) is 11.2. The first kappa shape index (κ1) is 22.8. The van der Waals surface area contributed by atoms with E-state index in [1.165, 1.54) is 10.5 Å². The topological polar surface area (TPSA) is 57.7 Å².